The predicted octanol–water partition coefficient (Wildman–Crippen LogP) is 3.16. The maximum Gasteiger partial charge on any atom is 0.308 e. The molecule has 0 aromatic rings. The first-order valence-corrected chi connectivity index (χ1v) is 20.6. The summed E-state index contributed by atoms with van der Waals surface area (Å²) in [6.45, 7) is 12.2. The third kappa shape index (κ3) is 13.6. The lowest BCUT2D eigenvalue weighted by Crippen LogP contribution is -2.66. The van der Waals surface area contributed by atoms with Gasteiger partial charge in [0.25, 0.3) is 0 Å². The Hall–Kier alpha value is -2.80. The van der Waals surface area contributed by atoms with Crippen molar-refractivity contribution >= 4 is 24.2 Å². The van der Waals surface area contributed by atoms with Crippen LogP contribution in [0.2, 0.25) is 0 Å². The standard InChI is InChI=1S/C42H69NO15/c1-11-16-32(48)55-40-27(6)53-34(23-42(40,7)58-31(47)12-2)56-37-26(5)54-41(36(50)35(37)43(8)9)57-38-28(19-20-44)21-24(3)29(45)18-15-13-14-17-25(4)52-33(49)22-30(46)39(38)51-10/h13-15,18,20,24-30,34-41,45-46,50H,11-12,16-17,19,21-23H2,1-10H3/b14-13+,18-15+/t24-,25-,26-,27+,28?,29+,30-,34+,35-,36-,37-,38+,39+,40+,41+,42-/m1/s1. The highest BCUT2D eigenvalue weighted by Gasteiger charge is 2.54. The van der Waals surface area contributed by atoms with Gasteiger partial charge < -0.3 is 62.9 Å². The number of esters is 3. The summed E-state index contributed by atoms with van der Waals surface area (Å²) in [6, 6.07) is -0.783. The van der Waals surface area contributed by atoms with Crippen molar-refractivity contribution in [2.45, 2.75) is 185 Å². The Kier molecular flexibility index (Phi) is 19.9. The molecule has 0 radical (unpaired) electrons. The minimum absolute atomic E-state index is 0.00608. The molecule has 2 fully saturated rings. The fraction of sp³-hybridized carbons (Fsp3) is 0.810. The molecule has 0 spiro atoms. The first-order valence-electron chi connectivity index (χ1n) is 20.6. The summed E-state index contributed by atoms with van der Waals surface area (Å²) in [6.07, 6.45) is -3.49. The molecule has 2 saturated heterocycles. The molecule has 16 heteroatoms. The Morgan fingerprint density at radius 3 is 2.31 bits per heavy atom. The third-order valence-corrected chi connectivity index (χ3v) is 11.1. The molecule has 16 nitrogen and oxygen atoms in total. The van der Waals surface area contributed by atoms with Crippen LogP contribution in [0.5, 0.6) is 0 Å². The van der Waals surface area contributed by atoms with Crippen LogP contribution in [-0.4, -0.2) is 151 Å². The fourth-order valence-electron chi connectivity index (χ4n) is 8.07. The van der Waals surface area contributed by atoms with Crippen molar-refractivity contribution in [1.82, 2.24) is 4.90 Å². The Morgan fingerprint density at radius 2 is 1.69 bits per heavy atom. The zero-order chi connectivity index (χ0) is 43.3. The van der Waals surface area contributed by atoms with Gasteiger partial charge in [0.2, 0.25) is 0 Å². The van der Waals surface area contributed by atoms with E-state index in [4.69, 9.17) is 37.9 Å². The van der Waals surface area contributed by atoms with Gasteiger partial charge in [-0.05, 0) is 66.5 Å². The molecule has 0 aromatic heterocycles. The maximum atomic E-state index is 12.9. The van der Waals surface area contributed by atoms with E-state index >= 15 is 0 Å². The minimum Gasteiger partial charge on any atom is -0.462 e. The van der Waals surface area contributed by atoms with E-state index in [1.165, 1.54) is 7.11 Å². The van der Waals surface area contributed by atoms with Crippen molar-refractivity contribution in [2.75, 3.05) is 21.2 Å². The highest BCUT2D eigenvalue weighted by Crippen LogP contribution is 2.39. The predicted molar refractivity (Wildman–Crippen MR) is 210 cm³/mol. The topological polar surface area (TPSA) is 206 Å². The van der Waals surface area contributed by atoms with Gasteiger partial charge >= 0.3 is 17.9 Å². The highest BCUT2D eigenvalue weighted by atomic mass is 16.7. The Morgan fingerprint density at radius 1 is 0.983 bits per heavy atom. The van der Waals surface area contributed by atoms with E-state index in [9.17, 15) is 34.5 Å². The molecule has 0 amide bonds. The number of carbonyl (C=O) groups excluding carboxylic acids is 4. The van der Waals surface area contributed by atoms with Crippen molar-refractivity contribution in [3.05, 3.63) is 24.3 Å². The number of aliphatic hydroxyl groups is 3. The van der Waals surface area contributed by atoms with Crippen LogP contribution in [0.25, 0.3) is 0 Å². The van der Waals surface area contributed by atoms with Crippen LogP contribution in [-0.2, 0) is 57.1 Å². The fourth-order valence-corrected chi connectivity index (χ4v) is 8.07. The molecule has 1 unspecified atom stereocenters. The lowest BCUT2D eigenvalue weighted by Gasteiger charge is -2.50. The number of likely N-dealkylation sites (N-methyl/N-ethyl adjacent to an activating group) is 1. The summed E-state index contributed by atoms with van der Waals surface area (Å²) in [5.74, 6) is -2.64. The summed E-state index contributed by atoms with van der Waals surface area (Å²) in [5, 5.41) is 34.5. The lowest BCUT2D eigenvalue weighted by atomic mass is 9.82. The van der Waals surface area contributed by atoms with Gasteiger partial charge in [-0.15, -0.1) is 0 Å². The molecule has 16 atom stereocenters. The maximum absolute atomic E-state index is 12.9. The average molecular weight is 828 g/mol. The molecule has 3 rings (SSSR count). The molecule has 3 aliphatic heterocycles. The van der Waals surface area contributed by atoms with Crippen LogP contribution < -0.4 is 0 Å². The molecule has 3 aliphatic rings. The molecule has 0 saturated carbocycles. The molecule has 3 heterocycles. The first kappa shape index (κ1) is 49.6. The van der Waals surface area contributed by atoms with Crippen molar-refractivity contribution in [3.63, 3.8) is 0 Å². The second kappa shape index (κ2) is 23.3. The van der Waals surface area contributed by atoms with Gasteiger partial charge in [-0.3, -0.25) is 14.4 Å². The smallest absolute Gasteiger partial charge is 0.308 e. The van der Waals surface area contributed by atoms with Crippen molar-refractivity contribution in [2.24, 2.45) is 11.8 Å². The van der Waals surface area contributed by atoms with Crippen LogP contribution >= 0.6 is 0 Å². The summed E-state index contributed by atoms with van der Waals surface area (Å²) in [7, 11) is 4.85. The largest absolute Gasteiger partial charge is 0.462 e. The van der Waals surface area contributed by atoms with Gasteiger partial charge in [0.1, 0.15) is 30.7 Å². The van der Waals surface area contributed by atoms with Crippen molar-refractivity contribution < 1.29 is 72.4 Å². The monoisotopic (exact) mass is 827 g/mol. The van der Waals surface area contributed by atoms with E-state index in [1.54, 1.807) is 71.8 Å². The Balaban J connectivity index is 1.95. The molecule has 0 bridgehead atoms. The molecule has 332 valence electrons. The van der Waals surface area contributed by atoms with E-state index in [0.717, 1.165) is 0 Å². The first-order chi connectivity index (χ1) is 27.4. The summed E-state index contributed by atoms with van der Waals surface area (Å²) < 4.78 is 48.8. The number of carbonyl (C=O) groups is 4. The van der Waals surface area contributed by atoms with Gasteiger partial charge in [0, 0.05) is 39.2 Å². The van der Waals surface area contributed by atoms with E-state index < -0.39 is 116 Å². The van der Waals surface area contributed by atoms with Gasteiger partial charge in [0.05, 0.1) is 43.0 Å². The van der Waals surface area contributed by atoms with Crippen molar-refractivity contribution in [1.29, 1.82) is 0 Å². The van der Waals surface area contributed by atoms with Crippen LogP contribution in [0.4, 0.5) is 0 Å². The minimum atomic E-state index is -1.45. The zero-order valence-corrected chi connectivity index (χ0v) is 35.9. The van der Waals surface area contributed by atoms with E-state index in [1.807, 2.05) is 19.9 Å². The normalized spacial score (nSPS) is 40.6. The number of aliphatic hydroxyl groups excluding tert-OH is 3. The SMILES string of the molecule is CCCC(=O)O[C@H]1[C@H](C)O[C@@H](O[C@H]2[C@H](N(C)C)[C@@H](O)[C@H](O[C@H]3C(CC=O)C[C@@H](C)[C@@H](O)/C=C/C=C/C[C@@H](C)OC(=O)C[C@@H](O)[C@@H]3OC)O[C@@H]2C)C[C@@]1(C)OC(=O)CC. The van der Waals surface area contributed by atoms with Crippen LogP contribution in [0.1, 0.15) is 99.8 Å². The van der Waals surface area contributed by atoms with E-state index in [0.29, 0.717) is 19.1 Å². The molecule has 0 aromatic carbocycles. The average Bonchev–Trinajstić information content (AvgIpc) is 3.13. The number of ether oxygens (including phenoxy) is 8. The van der Waals surface area contributed by atoms with Gasteiger partial charge in [-0.2, -0.15) is 0 Å². The van der Waals surface area contributed by atoms with Crippen molar-refractivity contribution in [3.8, 4) is 0 Å². The number of hydrogen-bond acceptors (Lipinski definition) is 16. The zero-order valence-electron chi connectivity index (χ0n) is 35.9. The highest BCUT2D eigenvalue weighted by molar-refractivity contribution is 5.71. The Bertz CT molecular complexity index is 1380. The summed E-state index contributed by atoms with van der Waals surface area (Å²) in [5.41, 5.74) is -1.30. The molecular formula is C42H69NO15. The third-order valence-electron chi connectivity index (χ3n) is 11.1. The number of methoxy groups -OCH3 is 1. The number of hydrogen-bond donors (Lipinski definition) is 3. The van der Waals surface area contributed by atoms with Crippen LogP contribution in [0, 0.1) is 11.8 Å². The molecule has 0 aliphatic carbocycles. The molecule has 58 heavy (non-hydrogen) atoms. The number of aldehydes is 1. The van der Waals surface area contributed by atoms with E-state index in [2.05, 4.69) is 0 Å². The second-order valence-corrected chi connectivity index (χ2v) is 16.3. The van der Waals surface area contributed by atoms with E-state index in [-0.39, 0.29) is 38.0 Å². The lowest BCUT2D eigenvalue weighted by molar-refractivity contribution is -0.344. The van der Waals surface area contributed by atoms with Crippen LogP contribution in [0.3, 0.4) is 0 Å². The number of allylic oxidation sites excluding steroid dienone is 2. The van der Waals surface area contributed by atoms with Gasteiger partial charge in [0.15, 0.2) is 24.3 Å². The van der Waals surface area contributed by atoms with Crippen LogP contribution in [0.15, 0.2) is 24.3 Å². The van der Waals surface area contributed by atoms with Gasteiger partial charge in [-0.25, -0.2) is 0 Å². The molecule has 3 N–H and O–H groups in total. The quantitative estimate of drug-likeness (QED) is 0.139. The molecular weight excluding hydrogens is 758 g/mol. The van der Waals surface area contributed by atoms with Gasteiger partial charge in [-0.1, -0.05) is 45.1 Å². The second-order valence-electron chi connectivity index (χ2n) is 16.3. The summed E-state index contributed by atoms with van der Waals surface area (Å²) >= 11 is 0. The Labute approximate surface area is 343 Å². The number of cyclic esters (lactones) is 1. The number of nitrogens with zero attached hydrogens (tertiary/aromatic N) is 1. The number of rotatable bonds is 13. The summed E-state index contributed by atoms with van der Waals surface area (Å²) in [4.78, 5) is 52.1.